The van der Waals surface area contributed by atoms with Gasteiger partial charge in [0.1, 0.15) is 0 Å². The first-order valence-corrected chi connectivity index (χ1v) is 10.7. The molecule has 35 heavy (non-hydrogen) atoms. The lowest BCUT2D eigenvalue weighted by Gasteiger charge is -2.06. The number of furan rings is 1. The number of carbonyl (C=O) groups excluding carboxylic acids is 2. The van der Waals surface area contributed by atoms with E-state index in [1.807, 2.05) is 18.2 Å². The van der Waals surface area contributed by atoms with E-state index in [9.17, 15) is 9.59 Å². The fourth-order valence-corrected chi connectivity index (χ4v) is 3.57. The van der Waals surface area contributed by atoms with Crippen LogP contribution in [0.5, 0.6) is 0 Å². The largest absolute Gasteiger partial charge is 0.459 e. The number of anilines is 2. The lowest BCUT2D eigenvalue weighted by atomic mass is 10.1. The maximum Gasteiger partial charge on any atom is 0.411 e. The maximum atomic E-state index is 12.3. The summed E-state index contributed by atoms with van der Waals surface area (Å²) in [6, 6.07) is 17.2. The zero-order valence-electron chi connectivity index (χ0n) is 18.2. The third-order valence-electron chi connectivity index (χ3n) is 5.10. The normalized spacial score (nSPS) is 10.8. The van der Waals surface area contributed by atoms with Crippen molar-refractivity contribution in [2.24, 2.45) is 0 Å². The van der Waals surface area contributed by atoms with Crippen LogP contribution in [0.15, 0.2) is 82.0 Å². The van der Waals surface area contributed by atoms with Gasteiger partial charge in [0.2, 0.25) is 5.89 Å². The Kier molecular flexibility index (Phi) is 5.90. The zero-order valence-corrected chi connectivity index (χ0v) is 19.0. The van der Waals surface area contributed by atoms with Gasteiger partial charge in [-0.15, -0.1) is 0 Å². The first kappa shape index (κ1) is 22.2. The molecule has 0 aliphatic carbocycles. The molecule has 0 saturated heterocycles. The van der Waals surface area contributed by atoms with E-state index in [-0.39, 0.29) is 17.6 Å². The smallest absolute Gasteiger partial charge is 0.411 e. The Morgan fingerprint density at radius 1 is 0.971 bits per heavy atom. The lowest BCUT2D eigenvalue weighted by Crippen LogP contribution is -2.10. The molecule has 0 saturated carbocycles. The van der Waals surface area contributed by atoms with Crippen molar-refractivity contribution in [2.45, 2.75) is 0 Å². The van der Waals surface area contributed by atoms with Gasteiger partial charge in [-0.3, -0.25) is 10.1 Å². The monoisotopic (exact) mass is 488 g/mol. The van der Waals surface area contributed by atoms with Crippen molar-refractivity contribution in [1.29, 1.82) is 0 Å². The minimum Gasteiger partial charge on any atom is -0.459 e. The molecule has 10 heteroatoms. The van der Waals surface area contributed by atoms with E-state index in [4.69, 9.17) is 20.4 Å². The van der Waals surface area contributed by atoms with Gasteiger partial charge in [-0.1, -0.05) is 23.7 Å². The standard InChI is InChI=1S/C25H17ClN4O5/c1-33-25(32)29-16-6-4-14(5-7-16)15-11-21-22(27-13-15)30-24(35-21)18-12-17(8-9-19(18)26)28-23(31)20-3-2-10-34-20/h2-13H,1H3,(H,28,31)(H,29,32). The van der Waals surface area contributed by atoms with Crippen LogP contribution in [0.1, 0.15) is 10.6 Å². The minimum atomic E-state index is -0.543. The second-order valence-corrected chi connectivity index (χ2v) is 7.79. The number of fused-ring (bicyclic) bond motifs is 1. The van der Waals surface area contributed by atoms with Gasteiger partial charge in [0.05, 0.1) is 24.0 Å². The Morgan fingerprint density at radius 2 is 1.77 bits per heavy atom. The molecule has 0 atom stereocenters. The highest BCUT2D eigenvalue weighted by molar-refractivity contribution is 6.33. The maximum absolute atomic E-state index is 12.3. The SMILES string of the molecule is COC(=O)Nc1ccc(-c2cnc3nc(-c4cc(NC(=O)c5ccco5)ccc4Cl)oc3c2)cc1. The number of hydrogen-bond acceptors (Lipinski definition) is 7. The second-order valence-electron chi connectivity index (χ2n) is 7.38. The Morgan fingerprint density at radius 3 is 2.51 bits per heavy atom. The molecule has 5 rings (SSSR count). The van der Waals surface area contributed by atoms with E-state index in [1.54, 1.807) is 48.7 Å². The van der Waals surface area contributed by atoms with Crippen LogP contribution in [-0.2, 0) is 4.74 Å². The number of benzene rings is 2. The summed E-state index contributed by atoms with van der Waals surface area (Å²) in [4.78, 5) is 32.5. The molecule has 2 N–H and O–H groups in total. The first-order chi connectivity index (χ1) is 17.0. The van der Waals surface area contributed by atoms with Crippen molar-refractivity contribution in [3.63, 3.8) is 0 Å². The number of amides is 2. The lowest BCUT2D eigenvalue weighted by molar-refractivity contribution is 0.0996. The average Bonchev–Trinajstić information content (AvgIpc) is 3.55. The summed E-state index contributed by atoms with van der Waals surface area (Å²) >= 11 is 6.39. The number of ether oxygens (including phenoxy) is 1. The predicted octanol–water partition coefficient (Wildman–Crippen LogP) is 6.23. The van der Waals surface area contributed by atoms with E-state index >= 15 is 0 Å². The number of methoxy groups -OCH3 is 1. The molecule has 3 heterocycles. The molecule has 2 aromatic carbocycles. The third-order valence-corrected chi connectivity index (χ3v) is 5.43. The number of nitrogens with zero attached hydrogens (tertiary/aromatic N) is 2. The van der Waals surface area contributed by atoms with Gasteiger partial charge < -0.3 is 18.9 Å². The van der Waals surface area contributed by atoms with Crippen molar-refractivity contribution >= 4 is 46.2 Å². The Balaban J connectivity index is 1.41. The molecular formula is C25H17ClN4O5. The summed E-state index contributed by atoms with van der Waals surface area (Å²) in [6.45, 7) is 0. The third kappa shape index (κ3) is 4.71. The van der Waals surface area contributed by atoms with E-state index < -0.39 is 6.09 Å². The van der Waals surface area contributed by atoms with Gasteiger partial charge in [-0.05, 0) is 54.1 Å². The van der Waals surface area contributed by atoms with Gasteiger partial charge in [0, 0.05) is 23.1 Å². The van der Waals surface area contributed by atoms with Crippen LogP contribution >= 0.6 is 11.6 Å². The summed E-state index contributed by atoms with van der Waals surface area (Å²) in [6.07, 6.45) is 2.56. The van der Waals surface area contributed by atoms with Gasteiger partial charge in [-0.25, -0.2) is 9.78 Å². The van der Waals surface area contributed by atoms with E-state index in [2.05, 4.69) is 25.3 Å². The fourth-order valence-electron chi connectivity index (χ4n) is 3.37. The Hall–Kier alpha value is -4.63. The summed E-state index contributed by atoms with van der Waals surface area (Å²) in [5.74, 6) is 0.0653. The molecular weight excluding hydrogens is 472 g/mol. The predicted molar refractivity (Wildman–Crippen MR) is 130 cm³/mol. The molecule has 0 radical (unpaired) electrons. The van der Waals surface area contributed by atoms with Crippen molar-refractivity contribution in [1.82, 2.24) is 9.97 Å². The minimum absolute atomic E-state index is 0.189. The molecule has 0 fully saturated rings. The van der Waals surface area contributed by atoms with Crippen molar-refractivity contribution in [3.8, 4) is 22.6 Å². The van der Waals surface area contributed by atoms with Crippen LogP contribution < -0.4 is 10.6 Å². The first-order valence-electron chi connectivity index (χ1n) is 10.4. The van der Waals surface area contributed by atoms with Crippen LogP contribution in [-0.4, -0.2) is 29.1 Å². The number of carbonyl (C=O) groups is 2. The number of pyridine rings is 1. The van der Waals surface area contributed by atoms with Crippen LogP contribution in [0.3, 0.4) is 0 Å². The molecule has 3 aromatic heterocycles. The van der Waals surface area contributed by atoms with Crippen LogP contribution in [0, 0.1) is 0 Å². The fraction of sp³-hybridized carbons (Fsp3) is 0.0400. The van der Waals surface area contributed by atoms with Crippen molar-refractivity contribution < 1.29 is 23.2 Å². The van der Waals surface area contributed by atoms with Crippen LogP contribution in [0.2, 0.25) is 5.02 Å². The molecule has 9 nitrogen and oxygen atoms in total. The van der Waals surface area contributed by atoms with Crippen LogP contribution in [0.4, 0.5) is 16.2 Å². The van der Waals surface area contributed by atoms with Gasteiger partial charge >= 0.3 is 6.09 Å². The number of rotatable bonds is 5. The molecule has 0 bridgehead atoms. The zero-order chi connectivity index (χ0) is 24.4. The molecule has 174 valence electrons. The highest BCUT2D eigenvalue weighted by atomic mass is 35.5. The van der Waals surface area contributed by atoms with E-state index in [0.29, 0.717) is 33.2 Å². The Labute approximate surface area is 203 Å². The summed E-state index contributed by atoms with van der Waals surface area (Å²) in [7, 11) is 1.30. The van der Waals surface area contributed by atoms with E-state index in [1.165, 1.54) is 13.4 Å². The highest BCUT2D eigenvalue weighted by Gasteiger charge is 2.16. The molecule has 0 spiro atoms. The number of aromatic nitrogens is 2. The highest BCUT2D eigenvalue weighted by Crippen LogP contribution is 2.33. The van der Waals surface area contributed by atoms with Gasteiger partial charge in [-0.2, -0.15) is 4.98 Å². The number of nitrogens with one attached hydrogen (secondary N) is 2. The topological polar surface area (TPSA) is 119 Å². The van der Waals surface area contributed by atoms with Crippen molar-refractivity contribution in [3.05, 3.63) is 83.9 Å². The van der Waals surface area contributed by atoms with E-state index in [0.717, 1.165) is 11.1 Å². The molecule has 0 aliphatic heterocycles. The van der Waals surface area contributed by atoms with Gasteiger partial charge in [0.25, 0.3) is 5.91 Å². The second kappa shape index (κ2) is 9.32. The van der Waals surface area contributed by atoms with Gasteiger partial charge in [0.15, 0.2) is 17.0 Å². The van der Waals surface area contributed by atoms with Crippen LogP contribution in [0.25, 0.3) is 33.8 Å². The molecule has 2 amide bonds. The summed E-state index contributed by atoms with van der Waals surface area (Å²) in [5, 5.41) is 5.76. The summed E-state index contributed by atoms with van der Waals surface area (Å²) < 4.78 is 15.7. The number of oxazole rings is 1. The average molecular weight is 489 g/mol. The number of halogens is 1. The summed E-state index contributed by atoms with van der Waals surface area (Å²) in [5.41, 5.74) is 4.15. The van der Waals surface area contributed by atoms with Crippen molar-refractivity contribution in [2.75, 3.05) is 17.7 Å². The Bertz CT molecular complexity index is 1530. The quantitative estimate of drug-likeness (QED) is 0.300. The molecule has 0 aliphatic rings. The molecule has 0 unspecified atom stereocenters. The molecule has 5 aromatic rings. The number of hydrogen-bond donors (Lipinski definition) is 2.